The molecular weight excluding hydrogens is 268 g/mol. The van der Waals surface area contributed by atoms with Crippen LogP contribution in [-0.4, -0.2) is 22.9 Å². The smallest absolute Gasteiger partial charge is 0.0427 e. The minimum Gasteiger partial charge on any atom is -0.369 e. The fourth-order valence-corrected chi connectivity index (χ4v) is 2.76. The Morgan fingerprint density at radius 1 is 0.818 bits per heavy atom. The minimum atomic E-state index is 0.975. The number of hydrogen-bond acceptors (Lipinski definition) is 2. The summed E-state index contributed by atoms with van der Waals surface area (Å²) >= 11 is 0. The SMILES string of the molecule is CC1=CCN(Cc2cccc(CN3C=CC(C)=CC3)c2)C=C1. The molecule has 0 radical (unpaired) electrons. The Morgan fingerprint density at radius 3 is 1.73 bits per heavy atom. The van der Waals surface area contributed by atoms with Gasteiger partial charge in [-0.05, 0) is 49.5 Å². The fraction of sp³-hybridized carbons (Fsp3) is 0.300. The van der Waals surface area contributed by atoms with Crippen LogP contribution in [0.4, 0.5) is 0 Å². The van der Waals surface area contributed by atoms with E-state index < -0.39 is 0 Å². The molecule has 2 heterocycles. The van der Waals surface area contributed by atoms with Crippen molar-refractivity contribution in [2.75, 3.05) is 13.1 Å². The summed E-state index contributed by atoms with van der Waals surface area (Å²) in [6.07, 6.45) is 13.3. The van der Waals surface area contributed by atoms with Crippen molar-refractivity contribution < 1.29 is 0 Å². The number of hydrogen-bond donors (Lipinski definition) is 0. The van der Waals surface area contributed by atoms with E-state index >= 15 is 0 Å². The molecule has 2 nitrogen and oxygen atoms in total. The number of nitrogens with zero attached hydrogens (tertiary/aromatic N) is 2. The zero-order valence-corrected chi connectivity index (χ0v) is 13.5. The topological polar surface area (TPSA) is 6.48 Å². The first-order valence-electron chi connectivity index (χ1n) is 7.95. The van der Waals surface area contributed by atoms with E-state index in [4.69, 9.17) is 0 Å². The highest BCUT2D eigenvalue weighted by Gasteiger charge is 2.07. The molecule has 0 bridgehead atoms. The second kappa shape index (κ2) is 6.69. The van der Waals surface area contributed by atoms with Crippen LogP contribution in [0.25, 0.3) is 0 Å². The lowest BCUT2D eigenvalue weighted by atomic mass is 10.1. The van der Waals surface area contributed by atoms with E-state index in [2.05, 4.69) is 84.6 Å². The molecule has 0 fully saturated rings. The molecule has 0 spiro atoms. The second-order valence-electron chi connectivity index (χ2n) is 6.21. The molecule has 1 aromatic carbocycles. The van der Waals surface area contributed by atoms with Crippen molar-refractivity contribution in [3.05, 3.63) is 83.2 Å². The third-order valence-corrected chi connectivity index (χ3v) is 4.15. The molecule has 0 amide bonds. The van der Waals surface area contributed by atoms with Crippen molar-refractivity contribution in [3.63, 3.8) is 0 Å². The van der Waals surface area contributed by atoms with Gasteiger partial charge >= 0.3 is 0 Å². The quantitative estimate of drug-likeness (QED) is 0.819. The van der Waals surface area contributed by atoms with Crippen LogP contribution in [0.1, 0.15) is 25.0 Å². The summed E-state index contributed by atoms with van der Waals surface area (Å²) < 4.78 is 0. The molecule has 3 rings (SSSR count). The largest absolute Gasteiger partial charge is 0.369 e. The van der Waals surface area contributed by atoms with Gasteiger partial charge in [0.25, 0.3) is 0 Å². The number of rotatable bonds is 4. The summed E-state index contributed by atoms with van der Waals surface area (Å²) in [4.78, 5) is 4.69. The van der Waals surface area contributed by atoms with Gasteiger partial charge in [0.1, 0.15) is 0 Å². The highest BCUT2D eigenvalue weighted by atomic mass is 15.1. The van der Waals surface area contributed by atoms with Gasteiger partial charge in [-0.2, -0.15) is 0 Å². The summed E-state index contributed by atoms with van der Waals surface area (Å²) in [5, 5.41) is 0. The van der Waals surface area contributed by atoms with Crippen molar-refractivity contribution in [1.29, 1.82) is 0 Å². The van der Waals surface area contributed by atoms with Gasteiger partial charge in [0.15, 0.2) is 0 Å². The molecule has 2 aliphatic heterocycles. The lowest BCUT2D eigenvalue weighted by Crippen LogP contribution is -2.20. The number of benzene rings is 1. The third kappa shape index (κ3) is 3.91. The first-order valence-corrected chi connectivity index (χ1v) is 7.95. The summed E-state index contributed by atoms with van der Waals surface area (Å²) in [7, 11) is 0. The zero-order chi connectivity index (χ0) is 15.4. The van der Waals surface area contributed by atoms with Gasteiger partial charge in [-0.25, -0.2) is 0 Å². The van der Waals surface area contributed by atoms with E-state index in [0.29, 0.717) is 0 Å². The van der Waals surface area contributed by atoms with Gasteiger partial charge in [0, 0.05) is 26.2 Å². The van der Waals surface area contributed by atoms with Crippen LogP contribution in [0.15, 0.2) is 72.1 Å². The standard InChI is InChI=1S/C20H24N2/c1-17-6-10-21(11-7-17)15-19-4-3-5-20(14-19)16-22-12-8-18(2)9-13-22/h3-10,12,14H,11,13,15-16H2,1-2H3. The molecule has 2 aliphatic rings. The monoisotopic (exact) mass is 292 g/mol. The summed E-state index contributed by atoms with van der Waals surface area (Å²) in [6.45, 7) is 8.26. The van der Waals surface area contributed by atoms with Gasteiger partial charge < -0.3 is 9.80 Å². The van der Waals surface area contributed by atoms with Crippen LogP contribution in [0.5, 0.6) is 0 Å². The predicted octanol–water partition coefficient (Wildman–Crippen LogP) is 4.24. The Labute approximate surface area is 133 Å². The van der Waals surface area contributed by atoms with Crippen LogP contribution in [0.2, 0.25) is 0 Å². The molecular formula is C20H24N2. The third-order valence-electron chi connectivity index (χ3n) is 4.15. The minimum absolute atomic E-state index is 0.975. The maximum absolute atomic E-state index is 2.35. The molecule has 22 heavy (non-hydrogen) atoms. The normalized spacial score (nSPS) is 17.5. The lowest BCUT2D eigenvalue weighted by molar-refractivity contribution is 0.397. The molecule has 2 heteroatoms. The van der Waals surface area contributed by atoms with Crippen LogP contribution in [-0.2, 0) is 13.1 Å². The molecule has 0 atom stereocenters. The maximum atomic E-state index is 2.35. The van der Waals surface area contributed by atoms with Crippen molar-refractivity contribution >= 4 is 0 Å². The highest BCUT2D eigenvalue weighted by molar-refractivity contribution is 5.27. The number of allylic oxidation sites excluding steroid dienone is 4. The van der Waals surface area contributed by atoms with Gasteiger partial charge in [0.2, 0.25) is 0 Å². The summed E-state index contributed by atoms with van der Waals surface area (Å²) in [5.41, 5.74) is 5.46. The summed E-state index contributed by atoms with van der Waals surface area (Å²) in [5.74, 6) is 0. The fourth-order valence-electron chi connectivity index (χ4n) is 2.76. The first-order chi connectivity index (χ1) is 10.7. The second-order valence-corrected chi connectivity index (χ2v) is 6.21. The Morgan fingerprint density at radius 2 is 1.32 bits per heavy atom. The predicted molar refractivity (Wildman–Crippen MR) is 93.1 cm³/mol. The van der Waals surface area contributed by atoms with Gasteiger partial charge in [-0.3, -0.25) is 0 Å². The highest BCUT2D eigenvalue weighted by Crippen LogP contribution is 2.15. The molecule has 114 valence electrons. The maximum Gasteiger partial charge on any atom is 0.0427 e. The Bertz CT molecular complexity index is 596. The average Bonchev–Trinajstić information content (AvgIpc) is 2.52. The molecule has 0 aromatic heterocycles. The van der Waals surface area contributed by atoms with E-state index in [9.17, 15) is 0 Å². The van der Waals surface area contributed by atoms with Crippen LogP contribution >= 0.6 is 0 Å². The van der Waals surface area contributed by atoms with E-state index in [0.717, 1.165) is 26.2 Å². The van der Waals surface area contributed by atoms with E-state index in [1.54, 1.807) is 0 Å². The Balaban J connectivity index is 1.61. The molecule has 1 aromatic rings. The van der Waals surface area contributed by atoms with Crippen LogP contribution in [0, 0.1) is 0 Å². The van der Waals surface area contributed by atoms with E-state index in [-0.39, 0.29) is 0 Å². The molecule has 0 aliphatic carbocycles. The van der Waals surface area contributed by atoms with Gasteiger partial charge in [-0.15, -0.1) is 0 Å². The summed E-state index contributed by atoms with van der Waals surface area (Å²) in [6, 6.07) is 8.95. The zero-order valence-electron chi connectivity index (χ0n) is 13.5. The van der Waals surface area contributed by atoms with Crippen molar-refractivity contribution in [1.82, 2.24) is 9.80 Å². The van der Waals surface area contributed by atoms with Crippen LogP contribution in [0.3, 0.4) is 0 Å². The first kappa shape index (κ1) is 14.7. The van der Waals surface area contributed by atoms with Gasteiger partial charge in [0.05, 0.1) is 0 Å². The molecule has 0 N–H and O–H groups in total. The van der Waals surface area contributed by atoms with Crippen LogP contribution < -0.4 is 0 Å². The van der Waals surface area contributed by atoms with E-state index in [1.165, 1.54) is 22.3 Å². The Hall–Kier alpha value is -2.22. The van der Waals surface area contributed by atoms with Gasteiger partial charge in [-0.1, -0.05) is 47.6 Å². The lowest BCUT2D eigenvalue weighted by Gasteiger charge is -2.24. The Kier molecular flexibility index (Phi) is 4.47. The average molecular weight is 292 g/mol. The van der Waals surface area contributed by atoms with Crippen molar-refractivity contribution in [2.45, 2.75) is 26.9 Å². The van der Waals surface area contributed by atoms with Crippen molar-refractivity contribution in [2.24, 2.45) is 0 Å². The molecule has 0 saturated heterocycles. The molecule has 0 unspecified atom stereocenters. The van der Waals surface area contributed by atoms with E-state index in [1.807, 2.05) is 0 Å². The van der Waals surface area contributed by atoms with Crippen molar-refractivity contribution in [3.8, 4) is 0 Å². The molecule has 0 saturated carbocycles.